The number of aliphatic hydroxyl groups excluding tert-OH is 1. The maximum absolute atomic E-state index is 12.7. The first-order valence-corrected chi connectivity index (χ1v) is 11.5. The van der Waals surface area contributed by atoms with Gasteiger partial charge in [-0.25, -0.2) is 0 Å². The highest BCUT2D eigenvalue weighted by atomic mass is 16.3. The lowest BCUT2D eigenvalue weighted by atomic mass is 9.69. The van der Waals surface area contributed by atoms with E-state index in [0.717, 1.165) is 12.1 Å². The van der Waals surface area contributed by atoms with Crippen molar-refractivity contribution in [3.05, 3.63) is 101 Å². The van der Waals surface area contributed by atoms with Crippen molar-refractivity contribution in [2.24, 2.45) is 0 Å². The van der Waals surface area contributed by atoms with Crippen molar-refractivity contribution >= 4 is 5.78 Å². The Kier molecular flexibility index (Phi) is 7.35. The van der Waals surface area contributed by atoms with Crippen molar-refractivity contribution in [1.29, 1.82) is 0 Å². The quantitative estimate of drug-likeness (QED) is 0.615. The van der Waals surface area contributed by atoms with Gasteiger partial charge in [-0.15, -0.1) is 0 Å². The molecule has 3 aromatic carbocycles. The van der Waals surface area contributed by atoms with E-state index < -0.39 is 0 Å². The third-order valence-electron chi connectivity index (χ3n) is 6.48. The number of carbonyl (C=O) groups is 1. The summed E-state index contributed by atoms with van der Waals surface area (Å²) < 4.78 is 0. The van der Waals surface area contributed by atoms with Crippen LogP contribution >= 0.6 is 0 Å². The molecule has 1 aliphatic heterocycles. The largest absolute Gasteiger partial charge is 0.508 e. The molecule has 1 aliphatic carbocycles. The van der Waals surface area contributed by atoms with Crippen LogP contribution in [0.25, 0.3) is 0 Å². The molecule has 0 unspecified atom stereocenters. The molecule has 1 fully saturated rings. The molecule has 0 saturated carbocycles. The molecule has 2 atom stereocenters. The Morgan fingerprint density at radius 3 is 2.09 bits per heavy atom. The maximum atomic E-state index is 12.7. The van der Waals surface area contributed by atoms with E-state index in [1.165, 1.54) is 37.1 Å². The van der Waals surface area contributed by atoms with Gasteiger partial charge in [0.25, 0.3) is 0 Å². The minimum absolute atomic E-state index is 0.0990. The molecular weight excluding hydrogens is 398 g/mol. The highest BCUT2D eigenvalue weighted by molar-refractivity contribution is 6.00. The van der Waals surface area contributed by atoms with Crippen LogP contribution in [-0.2, 0) is 0 Å². The van der Waals surface area contributed by atoms with Crippen LogP contribution in [0.4, 0.5) is 0 Å². The van der Waals surface area contributed by atoms with Crippen molar-refractivity contribution < 1.29 is 15.0 Å². The first-order valence-electron chi connectivity index (χ1n) is 11.5. The average Bonchev–Trinajstić information content (AvgIpc) is 3.34. The highest BCUT2D eigenvalue weighted by Crippen LogP contribution is 2.46. The first-order chi connectivity index (χ1) is 15.7. The second kappa shape index (κ2) is 10.6. The molecular formula is C28H31NO3. The zero-order valence-corrected chi connectivity index (χ0v) is 18.4. The van der Waals surface area contributed by atoms with E-state index in [4.69, 9.17) is 5.11 Å². The van der Waals surface area contributed by atoms with E-state index in [0.29, 0.717) is 18.6 Å². The summed E-state index contributed by atoms with van der Waals surface area (Å²) in [5.41, 5.74) is 4.03. The standard InChI is InChI=1S/C22H18O2.C6H13NO/c23-17-11-12-18-20(13-17)21(24)14-19(15-7-3-1-4-8-15)22(18)16-9-5-2-6-10-16;8-6-5-7-3-1-2-4-7/h1-13,19,22-23H,14H2;8H,1-6H2/t19-,22-;/m1./s1. The zero-order chi connectivity index (χ0) is 22.3. The molecule has 2 N–H and O–H groups in total. The number of aromatic hydroxyl groups is 1. The number of nitrogens with zero attached hydrogens (tertiary/aromatic N) is 1. The van der Waals surface area contributed by atoms with Gasteiger partial charge in [-0.1, -0.05) is 66.7 Å². The summed E-state index contributed by atoms with van der Waals surface area (Å²) in [5.74, 6) is 0.467. The number of Topliss-reactive ketones (excluding diaryl/α,β-unsaturated/α-hetero) is 1. The van der Waals surface area contributed by atoms with E-state index in [1.54, 1.807) is 12.1 Å². The van der Waals surface area contributed by atoms with Crippen LogP contribution in [0.2, 0.25) is 0 Å². The van der Waals surface area contributed by atoms with Crippen LogP contribution in [0, 0.1) is 0 Å². The van der Waals surface area contributed by atoms with Crippen molar-refractivity contribution in [1.82, 2.24) is 4.90 Å². The van der Waals surface area contributed by atoms with Gasteiger partial charge in [0.05, 0.1) is 6.61 Å². The van der Waals surface area contributed by atoms with E-state index in [1.807, 2.05) is 42.5 Å². The summed E-state index contributed by atoms with van der Waals surface area (Å²) in [6.07, 6.45) is 3.10. The number of hydrogen-bond donors (Lipinski definition) is 2. The summed E-state index contributed by atoms with van der Waals surface area (Å²) in [6, 6.07) is 25.7. The summed E-state index contributed by atoms with van der Waals surface area (Å²) >= 11 is 0. The highest BCUT2D eigenvalue weighted by Gasteiger charge is 2.36. The Hall–Kier alpha value is -2.95. The lowest BCUT2D eigenvalue weighted by Crippen LogP contribution is -2.24. The molecule has 4 heteroatoms. The Bertz CT molecular complexity index is 1010. The number of benzene rings is 3. The van der Waals surface area contributed by atoms with Gasteiger partial charge >= 0.3 is 0 Å². The average molecular weight is 430 g/mol. The molecule has 166 valence electrons. The molecule has 0 amide bonds. The van der Waals surface area contributed by atoms with Gasteiger partial charge in [-0.05, 0) is 54.8 Å². The number of phenols is 1. The van der Waals surface area contributed by atoms with Gasteiger partial charge in [0.2, 0.25) is 0 Å². The predicted molar refractivity (Wildman–Crippen MR) is 127 cm³/mol. The van der Waals surface area contributed by atoms with Crippen molar-refractivity contribution in [2.75, 3.05) is 26.2 Å². The first kappa shape index (κ1) is 22.3. The van der Waals surface area contributed by atoms with Crippen LogP contribution in [-0.4, -0.2) is 47.1 Å². The van der Waals surface area contributed by atoms with Gasteiger partial charge in [0, 0.05) is 30.4 Å². The van der Waals surface area contributed by atoms with Gasteiger partial charge in [0.15, 0.2) is 5.78 Å². The Labute approximate surface area is 190 Å². The van der Waals surface area contributed by atoms with Crippen LogP contribution in [0.15, 0.2) is 78.9 Å². The zero-order valence-electron chi connectivity index (χ0n) is 18.4. The third kappa shape index (κ3) is 5.09. The topological polar surface area (TPSA) is 60.8 Å². The van der Waals surface area contributed by atoms with Gasteiger partial charge < -0.3 is 15.1 Å². The lowest BCUT2D eigenvalue weighted by Gasteiger charge is -2.33. The molecule has 1 saturated heterocycles. The number of fused-ring (bicyclic) bond motifs is 1. The summed E-state index contributed by atoms with van der Waals surface area (Å²) in [5, 5.41) is 18.3. The monoisotopic (exact) mass is 429 g/mol. The fraction of sp³-hybridized carbons (Fsp3) is 0.321. The Morgan fingerprint density at radius 1 is 0.844 bits per heavy atom. The molecule has 0 bridgehead atoms. The molecule has 2 aliphatic rings. The van der Waals surface area contributed by atoms with Gasteiger partial charge in [-0.2, -0.15) is 0 Å². The number of hydrogen-bond acceptors (Lipinski definition) is 4. The SMILES string of the molecule is O=C1C[C@H](c2ccccc2)[C@H](c2ccccc2)c2ccc(O)cc21.OCCN1CCCC1. The molecule has 0 spiro atoms. The number of β-amino-alcohol motifs (C(OH)–C–C–N with tert-alkyl or cyclic N) is 1. The van der Waals surface area contributed by atoms with Crippen molar-refractivity contribution in [3.63, 3.8) is 0 Å². The Morgan fingerprint density at radius 2 is 1.47 bits per heavy atom. The predicted octanol–water partition coefficient (Wildman–Crippen LogP) is 4.97. The molecule has 32 heavy (non-hydrogen) atoms. The molecule has 3 aromatic rings. The lowest BCUT2D eigenvalue weighted by molar-refractivity contribution is 0.0959. The summed E-state index contributed by atoms with van der Waals surface area (Å²) in [7, 11) is 0. The van der Waals surface area contributed by atoms with Crippen LogP contribution < -0.4 is 0 Å². The fourth-order valence-corrected chi connectivity index (χ4v) is 4.93. The number of rotatable bonds is 4. The van der Waals surface area contributed by atoms with E-state index in [-0.39, 0.29) is 23.4 Å². The minimum Gasteiger partial charge on any atom is -0.508 e. The molecule has 0 aromatic heterocycles. The third-order valence-corrected chi connectivity index (χ3v) is 6.48. The smallest absolute Gasteiger partial charge is 0.163 e. The number of phenolic OH excluding ortho intramolecular Hbond substituents is 1. The second-order valence-corrected chi connectivity index (χ2v) is 8.58. The molecule has 4 nitrogen and oxygen atoms in total. The maximum Gasteiger partial charge on any atom is 0.163 e. The second-order valence-electron chi connectivity index (χ2n) is 8.58. The number of aliphatic hydroxyl groups is 1. The number of carbonyl (C=O) groups excluding carboxylic acids is 1. The van der Waals surface area contributed by atoms with Crippen LogP contribution in [0.3, 0.4) is 0 Å². The van der Waals surface area contributed by atoms with E-state index in [2.05, 4.69) is 29.2 Å². The number of likely N-dealkylation sites (tertiary alicyclic amines) is 1. The summed E-state index contributed by atoms with van der Waals surface area (Å²) in [4.78, 5) is 15.0. The minimum atomic E-state index is 0.0990. The van der Waals surface area contributed by atoms with Gasteiger partial charge in [-0.3, -0.25) is 4.79 Å². The summed E-state index contributed by atoms with van der Waals surface area (Å²) in [6.45, 7) is 3.58. The normalized spacial score (nSPS) is 20.3. The fourth-order valence-electron chi connectivity index (χ4n) is 4.93. The van der Waals surface area contributed by atoms with Crippen LogP contribution in [0.1, 0.15) is 58.1 Å². The Balaban J connectivity index is 0.000000260. The van der Waals surface area contributed by atoms with E-state index in [9.17, 15) is 9.90 Å². The van der Waals surface area contributed by atoms with Crippen LogP contribution in [0.5, 0.6) is 5.75 Å². The molecule has 0 radical (unpaired) electrons. The van der Waals surface area contributed by atoms with Crippen molar-refractivity contribution in [2.45, 2.75) is 31.1 Å². The van der Waals surface area contributed by atoms with E-state index >= 15 is 0 Å². The molecule has 1 heterocycles. The molecule has 5 rings (SSSR count). The van der Waals surface area contributed by atoms with Gasteiger partial charge in [0.1, 0.15) is 5.75 Å². The van der Waals surface area contributed by atoms with Crippen molar-refractivity contribution in [3.8, 4) is 5.75 Å². The number of ketones is 1.